The fraction of sp³-hybridized carbons (Fsp3) is 0.200. The van der Waals surface area contributed by atoms with Crippen molar-refractivity contribution in [2.75, 3.05) is 0 Å². The van der Waals surface area contributed by atoms with Gasteiger partial charge < -0.3 is 5.11 Å². The summed E-state index contributed by atoms with van der Waals surface area (Å²) < 4.78 is 13.9. The van der Waals surface area contributed by atoms with Gasteiger partial charge in [-0.05, 0) is 54.3 Å². The van der Waals surface area contributed by atoms with Crippen molar-refractivity contribution in [2.45, 2.75) is 18.9 Å². The molecule has 0 saturated heterocycles. The largest absolute Gasteiger partial charge is 0.392 e. The number of aliphatic hydroxyl groups is 1. The summed E-state index contributed by atoms with van der Waals surface area (Å²) in [4.78, 5) is 0. The van der Waals surface area contributed by atoms with Crippen LogP contribution in [-0.4, -0.2) is 11.2 Å². The fourth-order valence-corrected chi connectivity index (χ4v) is 2.73. The van der Waals surface area contributed by atoms with Crippen molar-refractivity contribution in [3.63, 3.8) is 0 Å². The number of halogens is 3. The van der Waals surface area contributed by atoms with E-state index < -0.39 is 6.10 Å². The van der Waals surface area contributed by atoms with Crippen LogP contribution in [0.3, 0.4) is 0 Å². The molecule has 0 aliphatic heterocycles. The maximum atomic E-state index is 13.2. The van der Waals surface area contributed by atoms with Gasteiger partial charge >= 0.3 is 0 Å². The number of hydrogen-bond donors (Lipinski definition) is 1. The van der Waals surface area contributed by atoms with Gasteiger partial charge in [-0.2, -0.15) is 0 Å². The molecule has 2 aromatic rings. The van der Waals surface area contributed by atoms with Gasteiger partial charge in [0.25, 0.3) is 0 Å². The van der Waals surface area contributed by atoms with E-state index in [2.05, 4.69) is 15.9 Å². The SMILES string of the molecule is OC(Cc1cccc(Cl)c1)Cc1cc(F)cc(Br)c1. The predicted molar refractivity (Wildman–Crippen MR) is 79.0 cm³/mol. The highest BCUT2D eigenvalue weighted by atomic mass is 79.9. The van der Waals surface area contributed by atoms with Crippen LogP contribution in [0, 0.1) is 5.82 Å². The molecule has 0 fully saturated rings. The summed E-state index contributed by atoms with van der Waals surface area (Å²) in [6.07, 6.45) is 0.338. The molecular formula is C15H13BrClFO. The van der Waals surface area contributed by atoms with Gasteiger partial charge in [0.05, 0.1) is 6.10 Å². The zero-order valence-corrected chi connectivity index (χ0v) is 12.5. The highest BCUT2D eigenvalue weighted by Gasteiger charge is 2.09. The van der Waals surface area contributed by atoms with Crippen LogP contribution >= 0.6 is 27.5 Å². The third-order valence-electron chi connectivity index (χ3n) is 2.75. The van der Waals surface area contributed by atoms with E-state index >= 15 is 0 Å². The average Bonchev–Trinajstić information content (AvgIpc) is 2.26. The Morgan fingerprint density at radius 1 is 1.11 bits per heavy atom. The van der Waals surface area contributed by atoms with Crippen LogP contribution in [0.4, 0.5) is 4.39 Å². The van der Waals surface area contributed by atoms with E-state index in [1.54, 1.807) is 6.07 Å². The van der Waals surface area contributed by atoms with E-state index in [-0.39, 0.29) is 5.82 Å². The quantitative estimate of drug-likeness (QED) is 0.873. The highest BCUT2D eigenvalue weighted by molar-refractivity contribution is 9.10. The van der Waals surface area contributed by atoms with E-state index in [1.807, 2.05) is 24.3 Å². The lowest BCUT2D eigenvalue weighted by Gasteiger charge is -2.11. The minimum absolute atomic E-state index is 0.306. The number of aliphatic hydroxyl groups excluding tert-OH is 1. The Kier molecular flexibility index (Phi) is 4.97. The molecule has 0 bridgehead atoms. The van der Waals surface area contributed by atoms with Crippen molar-refractivity contribution in [1.82, 2.24) is 0 Å². The second-order valence-electron chi connectivity index (χ2n) is 4.47. The van der Waals surface area contributed by atoms with Crippen LogP contribution < -0.4 is 0 Å². The van der Waals surface area contributed by atoms with Crippen molar-refractivity contribution in [3.05, 3.63) is 68.9 Å². The summed E-state index contributed by atoms with van der Waals surface area (Å²) in [5.41, 5.74) is 1.73. The molecule has 100 valence electrons. The van der Waals surface area contributed by atoms with Crippen LogP contribution in [0.25, 0.3) is 0 Å². The molecule has 1 unspecified atom stereocenters. The number of rotatable bonds is 4. The van der Waals surface area contributed by atoms with Crippen LogP contribution in [0.1, 0.15) is 11.1 Å². The maximum absolute atomic E-state index is 13.2. The summed E-state index contributed by atoms with van der Waals surface area (Å²) in [6, 6.07) is 12.0. The molecule has 19 heavy (non-hydrogen) atoms. The topological polar surface area (TPSA) is 20.2 Å². The van der Waals surface area contributed by atoms with Gasteiger partial charge in [-0.1, -0.05) is 39.7 Å². The van der Waals surface area contributed by atoms with Crippen LogP contribution in [0.15, 0.2) is 46.9 Å². The zero-order chi connectivity index (χ0) is 13.8. The molecule has 1 N–H and O–H groups in total. The summed E-state index contributed by atoms with van der Waals surface area (Å²) >= 11 is 9.13. The van der Waals surface area contributed by atoms with Crippen molar-refractivity contribution >= 4 is 27.5 Å². The van der Waals surface area contributed by atoms with Crippen molar-refractivity contribution < 1.29 is 9.50 Å². The van der Waals surface area contributed by atoms with E-state index in [9.17, 15) is 9.50 Å². The Balaban J connectivity index is 2.03. The monoisotopic (exact) mass is 342 g/mol. The maximum Gasteiger partial charge on any atom is 0.124 e. The number of hydrogen-bond acceptors (Lipinski definition) is 1. The smallest absolute Gasteiger partial charge is 0.124 e. The zero-order valence-electron chi connectivity index (χ0n) is 10.1. The first-order valence-electron chi connectivity index (χ1n) is 5.90. The Bertz CT molecular complexity index is 554. The second kappa shape index (κ2) is 6.51. The van der Waals surface area contributed by atoms with Gasteiger partial charge in [0.15, 0.2) is 0 Å². The van der Waals surface area contributed by atoms with E-state index in [0.717, 1.165) is 11.1 Å². The van der Waals surface area contributed by atoms with Gasteiger partial charge in [0, 0.05) is 9.50 Å². The van der Waals surface area contributed by atoms with E-state index in [1.165, 1.54) is 12.1 Å². The fourth-order valence-electron chi connectivity index (χ4n) is 2.01. The highest BCUT2D eigenvalue weighted by Crippen LogP contribution is 2.18. The van der Waals surface area contributed by atoms with Crippen LogP contribution in [0.5, 0.6) is 0 Å². The molecule has 0 amide bonds. The lowest BCUT2D eigenvalue weighted by atomic mass is 10.0. The minimum Gasteiger partial charge on any atom is -0.392 e. The molecule has 0 heterocycles. The molecular weight excluding hydrogens is 331 g/mol. The molecule has 0 spiro atoms. The molecule has 1 nitrogen and oxygen atoms in total. The van der Waals surface area contributed by atoms with Gasteiger partial charge in [0.1, 0.15) is 5.82 Å². The molecule has 1 atom stereocenters. The summed E-state index contributed by atoms with van der Waals surface area (Å²) in [6.45, 7) is 0. The first-order chi connectivity index (χ1) is 9.02. The summed E-state index contributed by atoms with van der Waals surface area (Å²) in [5, 5.41) is 10.7. The predicted octanol–water partition coefficient (Wildman–Crippen LogP) is 4.39. The molecule has 0 aliphatic carbocycles. The standard InChI is InChI=1S/C15H13BrClFO/c16-12-4-11(6-14(18)9-12)8-15(19)7-10-2-1-3-13(17)5-10/h1-6,9,15,19H,7-8H2. The molecule has 0 aromatic heterocycles. The van der Waals surface area contributed by atoms with Crippen LogP contribution in [-0.2, 0) is 12.8 Å². The first kappa shape index (κ1) is 14.5. The van der Waals surface area contributed by atoms with E-state index in [0.29, 0.717) is 22.3 Å². The summed E-state index contributed by atoms with van der Waals surface area (Å²) in [5.74, 6) is -0.306. The third kappa shape index (κ3) is 4.60. The third-order valence-corrected chi connectivity index (χ3v) is 3.45. The molecule has 0 radical (unpaired) electrons. The second-order valence-corrected chi connectivity index (χ2v) is 5.82. The normalized spacial score (nSPS) is 12.4. The Hall–Kier alpha value is -0.900. The van der Waals surface area contributed by atoms with Gasteiger partial charge in [-0.15, -0.1) is 0 Å². The molecule has 0 aliphatic rings. The van der Waals surface area contributed by atoms with Gasteiger partial charge in [0.2, 0.25) is 0 Å². The van der Waals surface area contributed by atoms with Gasteiger partial charge in [-0.25, -0.2) is 4.39 Å². The summed E-state index contributed by atoms with van der Waals surface area (Å²) in [7, 11) is 0. The number of benzene rings is 2. The van der Waals surface area contributed by atoms with E-state index in [4.69, 9.17) is 11.6 Å². The Morgan fingerprint density at radius 2 is 1.84 bits per heavy atom. The van der Waals surface area contributed by atoms with Gasteiger partial charge in [-0.3, -0.25) is 0 Å². The minimum atomic E-state index is -0.563. The lowest BCUT2D eigenvalue weighted by molar-refractivity contribution is 0.175. The first-order valence-corrected chi connectivity index (χ1v) is 7.07. The Morgan fingerprint density at radius 3 is 2.53 bits per heavy atom. The lowest BCUT2D eigenvalue weighted by Crippen LogP contribution is -2.14. The van der Waals surface area contributed by atoms with Crippen molar-refractivity contribution in [3.8, 4) is 0 Å². The van der Waals surface area contributed by atoms with Crippen molar-refractivity contribution in [2.24, 2.45) is 0 Å². The molecule has 4 heteroatoms. The average molecular weight is 344 g/mol. The Labute approximate surface area is 125 Å². The molecule has 2 aromatic carbocycles. The molecule has 2 rings (SSSR count). The van der Waals surface area contributed by atoms with Crippen molar-refractivity contribution in [1.29, 1.82) is 0 Å². The van der Waals surface area contributed by atoms with Crippen LogP contribution in [0.2, 0.25) is 5.02 Å². The molecule has 0 saturated carbocycles.